The molecule has 0 bridgehead atoms. The van der Waals surface area contributed by atoms with Gasteiger partial charge in [0.2, 0.25) is 5.76 Å². The molecule has 11 heteroatoms. The fourth-order valence-electron chi connectivity index (χ4n) is 1.66. The van der Waals surface area contributed by atoms with Gasteiger partial charge in [0.05, 0.1) is 6.07 Å². The van der Waals surface area contributed by atoms with E-state index in [4.69, 9.17) is 9.15 Å². The summed E-state index contributed by atoms with van der Waals surface area (Å²) in [5.74, 6) is -2.04. The summed E-state index contributed by atoms with van der Waals surface area (Å²) in [6.45, 7) is 1.40. The van der Waals surface area contributed by atoms with E-state index in [1.165, 1.54) is 10.9 Å². The van der Waals surface area contributed by atoms with Crippen LogP contribution in [0, 0.1) is 20.2 Å². The lowest BCUT2D eigenvalue weighted by Crippen LogP contribution is -2.16. The predicted octanol–water partition coefficient (Wildman–Crippen LogP) is 1.71. The molecule has 0 spiro atoms. The fraction of sp³-hybridized carbons (Fsp3) is 0.273. The number of nitrogens with zero attached hydrogens (tertiary/aromatic N) is 4. The Morgan fingerprint density at radius 2 is 2.14 bits per heavy atom. The van der Waals surface area contributed by atoms with Crippen molar-refractivity contribution in [1.29, 1.82) is 0 Å². The van der Waals surface area contributed by atoms with E-state index >= 15 is 0 Å². The molecule has 0 saturated heterocycles. The highest BCUT2D eigenvalue weighted by molar-refractivity contribution is 5.86. The normalized spacial score (nSPS) is 11.9. The standard InChI is InChI=1S/C11H10N4O7/c1-7(13-6-12-4-9(13)14(17)18)5-21-11(16)8-2-3-10(22-8)15(19)20/h2-4,6-7H,5H2,1H3. The molecule has 0 aliphatic carbocycles. The number of carbonyl (C=O) groups is 1. The van der Waals surface area contributed by atoms with E-state index in [-0.39, 0.29) is 18.2 Å². The first kappa shape index (κ1) is 15.2. The molecule has 0 amide bonds. The Labute approximate surface area is 122 Å². The minimum Gasteiger partial charge on any atom is -0.455 e. The third kappa shape index (κ3) is 3.08. The number of hydrogen-bond acceptors (Lipinski definition) is 8. The summed E-state index contributed by atoms with van der Waals surface area (Å²) in [6, 6.07) is 1.60. The molecule has 2 aromatic rings. The second-order valence-corrected chi connectivity index (χ2v) is 4.26. The topological polar surface area (TPSA) is 144 Å². The maximum atomic E-state index is 11.7. The van der Waals surface area contributed by atoms with Crippen LogP contribution in [0.3, 0.4) is 0 Å². The van der Waals surface area contributed by atoms with E-state index in [1.54, 1.807) is 6.92 Å². The summed E-state index contributed by atoms with van der Waals surface area (Å²) in [5.41, 5.74) is 0. The summed E-state index contributed by atoms with van der Waals surface area (Å²) in [7, 11) is 0. The van der Waals surface area contributed by atoms with Gasteiger partial charge in [-0.2, -0.15) is 0 Å². The summed E-state index contributed by atoms with van der Waals surface area (Å²) in [4.78, 5) is 35.2. The van der Waals surface area contributed by atoms with Crippen molar-refractivity contribution in [2.75, 3.05) is 6.61 Å². The number of esters is 1. The van der Waals surface area contributed by atoms with Crippen molar-refractivity contribution in [2.45, 2.75) is 13.0 Å². The summed E-state index contributed by atoms with van der Waals surface area (Å²) < 4.78 is 10.8. The molecule has 116 valence electrons. The molecular weight excluding hydrogens is 300 g/mol. The summed E-state index contributed by atoms with van der Waals surface area (Å²) in [6.07, 6.45) is 2.32. The Hall–Kier alpha value is -3.24. The number of imidazole rings is 1. The van der Waals surface area contributed by atoms with Crippen molar-refractivity contribution >= 4 is 17.7 Å². The number of nitro groups is 2. The fourth-order valence-corrected chi connectivity index (χ4v) is 1.66. The first-order chi connectivity index (χ1) is 10.4. The minimum atomic E-state index is -0.900. The van der Waals surface area contributed by atoms with Crippen molar-refractivity contribution in [2.24, 2.45) is 0 Å². The second kappa shape index (κ2) is 6.03. The number of hydrogen-bond donors (Lipinski definition) is 0. The number of furan rings is 1. The van der Waals surface area contributed by atoms with Gasteiger partial charge in [0.15, 0.2) is 6.33 Å². The van der Waals surface area contributed by atoms with Crippen molar-refractivity contribution in [3.8, 4) is 0 Å². The molecule has 0 aliphatic heterocycles. The molecule has 11 nitrogen and oxygen atoms in total. The van der Waals surface area contributed by atoms with Gasteiger partial charge in [-0.15, -0.1) is 0 Å². The van der Waals surface area contributed by atoms with Crippen LogP contribution < -0.4 is 0 Å². The second-order valence-electron chi connectivity index (χ2n) is 4.26. The summed E-state index contributed by atoms with van der Waals surface area (Å²) in [5, 5.41) is 21.2. The third-order valence-electron chi connectivity index (χ3n) is 2.74. The molecule has 0 aliphatic rings. The largest absolute Gasteiger partial charge is 0.455 e. The van der Waals surface area contributed by atoms with Crippen LogP contribution in [0.4, 0.5) is 11.7 Å². The number of rotatable bonds is 6. The minimum absolute atomic E-state index is 0.190. The van der Waals surface area contributed by atoms with Crippen LogP contribution in [-0.4, -0.2) is 32.0 Å². The Morgan fingerprint density at radius 1 is 1.41 bits per heavy atom. The molecule has 0 aromatic carbocycles. The van der Waals surface area contributed by atoms with Gasteiger partial charge < -0.3 is 19.3 Å². The smallest absolute Gasteiger partial charge is 0.433 e. The van der Waals surface area contributed by atoms with E-state index < -0.39 is 27.7 Å². The highest BCUT2D eigenvalue weighted by Crippen LogP contribution is 2.19. The maximum absolute atomic E-state index is 11.7. The van der Waals surface area contributed by atoms with E-state index in [0.29, 0.717) is 0 Å². The molecule has 2 heterocycles. The van der Waals surface area contributed by atoms with Crippen molar-refractivity contribution in [3.05, 3.63) is 50.6 Å². The molecule has 22 heavy (non-hydrogen) atoms. The Morgan fingerprint density at radius 3 is 2.73 bits per heavy atom. The Balaban J connectivity index is 1.99. The van der Waals surface area contributed by atoms with Gasteiger partial charge in [0.1, 0.15) is 23.8 Å². The molecule has 2 aromatic heterocycles. The molecule has 1 atom stereocenters. The lowest BCUT2D eigenvalue weighted by molar-refractivity contribution is -0.402. The van der Waals surface area contributed by atoms with Gasteiger partial charge in [-0.05, 0) is 17.9 Å². The van der Waals surface area contributed by atoms with Gasteiger partial charge in [-0.25, -0.2) is 14.3 Å². The summed E-state index contributed by atoms with van der Waals surface area (Å²) >= 11 is 0. The maximum Gasteiger partial charge on any atom is 0.433 e. The van der Waals surface area contributed by atoms with E-state index in [9.17, 15) is 25.0 Å². The van der Waals surface area contributed by atoms with Crippen molar-refractivity contribution in [3.63, 3.8) is 0 Å². The van der Waals surface area contributed by atoms with Crippen LogP contribution in [0.2, 0.25) is 0 Å². The van der Waals surface area contributed by atoms with Gasteiger partial charge in [0.25, 0.3) is 0 Å². The lowest BCUT2D eigenvalue weighted by atomic mass is 10.3. The van der Waals surface area contributed by atoms with Crippen LogP contribution in [0.1, 0.15) is 23.5 Å². The molecule has 2 rings (SSSR count). The number of aromatic nitrogens is 2. The quantitative estimate of drug-likeness (QED) is 0.445. The first-order valence-electron chi connectivity index (χ1n) is 5.97. The van der Waals surface area contributed by atoms with Crippen molar-refractivity contribution < 1.29 is 23.8 Å². The zero-order chi connectivity index (χ0) is 16.3. The van der Waals surface area contributed by atoms with Gasteiger partial charge >= 0.3 is 17.7 Å². The third-order valence-corrected chi connectivity index (χ3v) is 2.74. The zero-order valence-corrected chi connectivity index (χ0v) is 11.2. The van der Waals surface area contributed by atoms with Gasteiger partial charge in [-0.3, -0.25) is 10.1 Å². The van der Waals surface area contributed by atoms with Crippen LogP contribution in [0.15, 0.2) is 29.1 Å². The van der Waals surface area contributed by atoms with Crippen LogP contribution in [0.5, 0.6) is 0 Å². The van der Waals surface area contributed by atoms with Crippen LogP contribution >= 0.6 is 0 Å². The molecule has 0 fully saturated rings. The molecule has 0 radical (unpaired) electrons. The predicted molar refractivity (Wildman–Crippen MR) is 69.2 cm³/mol. The van der Waals surface area contributed by atoms with Crippen molar-refractivity contribution in [1.82, 2.24) is 9.55 Å². The van der Waals surface area contributed by atoms with E-state index in [1.807, 2.05) is 0 Å². The molecule has 0 saturated carbocycles. The molecular formula is C11H10N4O7. The lowest BCUT2D eigenvalue weighted by Gasteiger charge is -2.10. The van der Waals surface area contributed by atoms with E-state index in [2.05, 4.69) is 4.98 Å². The zero-order valence-electron chi connectivity index (χ0n) is 11.2. The SMILES string of the molecule is CC(COC(=O)c1ccc([N+](=O)[O-])o1)n1cncc1[N+](=O)[O-]. The molecule has 0 N–H and O–H groups in total. The van der Waals surface area contributed by atoms with Gasteiger partial charge in [-0.1, -0.05) is 0 Å². The number of carbonyl (C=O) groups excluding carboxylic acids is 1. The van der Waals surface area contributed by atoms with Crippen LogP contribution in [0.25, 0.3) is 0 Å². The first-order valence-corrected chi connectivity index (χ1v) is 5.97. The Kier molecular flexibility index (Phi) is 4.15. The van der Waals surface area contributed by atoms with E-state index in [0.717, 1.165) is 18.3 Å². The highest BCUT2D eigenvalue weighted by atomic mass is 16.7. The average Bonchev–Trinajstić information content (AvgIpc) is 3.12. The molecule has 1 unspecified atom stereocenters. The highest BCUT2D eigenvalue weighted by Gasteiger charge is 2.23. The monoisotopic (exact) mass is 310 g/mol. The van der Waals surface area contributed by atoms with Gasteiger partial charge in [0, 0.05) is 0 Å². The van der Waals surface area contributed by atoms with Crippen LogP contribution in [-0.2, 0) is 4.74 Å². The Bertz CT molecular complexity index is 720. The average molecular weight is 310 g/mol. The number of ether oxygens (including phenoxy) is 1.